The molecule has 135 heavy (non-hydrogen) atoms. The Bertz CT molecular complexity index is 6180. The Morgan fingerprint density at radius 2 is 0.444 bits per heavy atom. The van der Waals surface area contributed by atoms with E-state index in [-0.39, 0.29) is 102 Å². The van der Waals surface area contributed by atoms with E-state index in [1.807, 2.05) is 243 Å². The van der Waals surface area contributed by atoms with Crippen LogP contribution in [-0.2, 0) is 102 Å². The Labute approximate surface area is 855 Å². The van der Waals surface area contributed by atoms with Crippen molar-refractivity contribution in [2.75, 3.05) is 0 Å². The summed E-state index contributed by atoms with van der Waals surface area (Å²) in [6.07, 6.45) is 13.5. The van der Waals surface area contributed by atoms with Crippen molar-refractivity contribution in [3.05, 3.63) is 502 Å². The smallest absolute Gasteiger partial charge is 0.0242 e. The van der Waals surface area contributed by atoms with E-state index >= 15 is 0 Å². The average Bonchev–Trinajstić information content (AvgIpc) is 0.794. The Hall–Kier alpha value is -12.7. The molecule has 19 rings (SSSR count). The summed E-state index contributed by atoms with van der Waals surface area (Å²) in [7, 11) is 0. The van der Waals surface area contributed by atoms with E-state index in [1.54, 1.807) is 12.4 Å². The Balaban J connectivity index is 0.000000178. The van der Waals surface area contributed by atoms with Crippen LogP contribution in [0.4, 0.5) is 0 Å². The molecule has 7 nitrogen and oxygen atoms in total. The standard InChI is InChI=1S/4C21H20N.C18H14N.2C11H8N.4Ir/c3*1-21(2,3)19-14-20(17-12-8-5-9-13-17)22-15-18(19)16-10-6-4-7-11-16;1-21(2,3)19-12-13-20(22-15-19)18-11-7-10-17(14-18)16-8-5-4-6-9-16;1-14-12-18(16-10-6-3-7-11-16)19-13-17(14)15-8-4-2-5-9-15;2*1-2-6-10(7-3-1)11-8-4-5-9-12-11;;;;/h3*4-12,14-15H,1-3H3;4-10,12-15H,1-3H3;2-10,12-13H,1H3;2*1-6,8-9H;;;;/q7*-1;;;;. The van der Waals surface area contributed by atoms with Crippen molar-refractivity contribution in [2.45, 2.75) is 112 Å². The predicted octanol–water partition coefficient (Wildman–Crippen LogP) is 31.7. The fourth-order valence-electron chi connectivity index (χ4n) is 14.6. The fraction of sp³-hybridized carbons (Fsp3) is 0.137. The van der Waals surface area contributed by atoms with Gasteiger partial charge in [-0.05, 0) is 136 Å². The number of pyridine rings is 7. The van der Waals surface area contributed by atoms with Gasteiger partial charge in [-0.1, -0.05) is 295 Å². The number of rotatable bonds is 12. The van der Waals surface area contributed by atoms with Crippen LogP contribution in [0.5, 0.6) is 0 Å². The van der Waals surface area contributed by atoms with Gasteiger partial charge in [-0.2, -0.15) is 0 Å². The van der Waals surface area contributed by atoms with Crippen LogP contribution in [0, 0.1) is 49.4 Å². The van der Waals surface area contributed by atoms with Gasteiger partial charge in [0, 0.05) is 146 Å². The molecule has 11 heteroatoms. The number of aromatic nitrogens is 7. The van der Waals surface area contributed by atoms with Crippen LogP contribution >= 0.6 is 0 Å². The number of aryl methyl sites for hydroxylation is 1. The van der Waals surface area contributed by atoms with Crippen LogP contribution in [0.1, 0.15) is 111 Å². The van der Waals surface area contributed by atoms with E-state index in [1.165, 1.54) is 83.5 Å². The molecular weight excluding hydrogens is 2360 g/mol. The van der Waals surface area contributed by atoms with Gasteiger partial charge in [-0.3, -0.25) is 0 Å². The first-order valence-electron chi connectivity index (χ1n) is 44.4. The van der Waals surface area contributed by atoms with Crippen LogP contribution < -0.4 is 0 Å². The van der Waals surface area contributed by atoms with E-state index in [0.717, 1.165) is 78.8 Å². The summed E-state index contributed by atoms with van der Waals surface area (Å²) >= 11 is 0. The summed E-state index contributed by atoms with van der Waals surface area (Å²) in [6.45, 7) is 28.9. The van der Waals surface area contributed by atoms with Crippen LogP contribution in [0.3, 0.4) is 0 Å². The Morgan fingerprint density at radius 3 is 0.711 bits per heavy atom. The van der Waals surface area contributed by atoms with E-state index < -0.39 is 0 Å². The van der Waals surface area contributed by atoms with Crippen molar-refractivity contribution in [2.24, 2.45) is 0 Å². The van der Waals surface area contributed by atoms with Gasteiger partial charge < -0.3 is 34.9 Å². The van der Waals surface area contributed by atoms with Gasteiger partial charge in [0.2, 0.25) is 0 Å². The van der Waals surface area contributed by atoms with E-state index in [4.69, 9.17) is 0 Å². The average molecular weight is 2470 g/mol. The van der Waals surface area contributed by atoms with Crippen LogP contribution in [0.25, 0.3) is 134 Å². The van der Waals surface area contributed by atoms with Gasteiger partial charge in [0.25, 0.3) is 0 Å². The summed E-state index contributed by atoms with van der Waals surface area (Å²) in [5, 5.41) is 0. The number of nitrogens with zero attached hydrogens (tertiary/aromatic N) is 7. The minimum absolute atomic E-state index is 0. The molecular formula is C124H110Ir4N7-7. The topological polar surface area (TPSA) is 90.2 Å². The molecule has 0 unspecified atom stereocenters. The molecule has 0 amide bonds. The van der Waals surface area contributed by atoms with Crippen molar-refractivity contribution in [1.29, 1.82) is 0 Å². The van der Waals surface area contributed by atoms with Crippen LogP contribution in [0.2, 0.25) is 0 Å². The minimum atomic E-state index is 0. The first kappa shape index (κ1) is 106. The van der Waals surface area contributed by atoms with Crippen molar-refractivity contribution in [1.82, 2.24) is 34.9 Å². The second-order valence-corrected chi connectivity index (χ2v) is 35.6. The molecule has 0 spiro atoms. The Kier molecular flexibility index (Phi) is 41.0. The molecule has 0 aliphatic rings. The zero-order valence-corrected chi connectivity index (χ0v) is 88.0. The molecule has 7 heterocycles. The van der Waals surface area contributed by atoms with Crippen molar-refractivity contribution < 1.29 is 80.4 Å². The SMILES string of the molecule is CC(C)(C)c1cc(-c2[c-]cccc2)ncc1-c1ccccc1.CC(C)(C)c1cc(-c2[c-]cccc2)ncc1-c1ccccc1.CC(C)(C)c1cc(-c2[c-]cccc2)ncc1-c1ccccc1.CC(C)(C)c1ccc(-c2[c-]ccc(-c3ccccc3)c2)nc1.Cc1cc(-c2[c-]cccc2)ncc1-c1ccccc1.[Ir].[Ir].[Ir].[Ir].[c-]1ccccc1-c1ccccn1.[c-]1ccccc1-c1ccccn1. The molecule has 4 radical (unpaired) electrons. The molecule has 19 aromatic rings. The normalized spacial score (nSPS) is 10.6. The summed E-state index contributed by atoms with van der Waals surface area (Å²) in [4.78, 5) is 31.6. The van der Waals surface area contributed by atoms with Crippen LogP contribution in [0.15, 0.2) is 432 Å². The van der Waals surface area contributed by atoms with Crippen LogP contribution in [-0.4, -0.2) is 34.9 Å². The third kappa shape index (κ3) is 31.2. The van der Waals surface area contributed by atoms with E-state index in [0.29, 0.717) is 0 Å². The summed E-state index contributed by atoms with van der Waals surface area (Å²) in [5.74, 6) is 0. The molecule has 0 aliphatic carbocycles. The summed E-state index contributed by atoms with van der Waals surface area (Å²) < 4.78 is 0. The molecule has 684 valence electrons. The number of benzene rings is 12. The molecule has 0 aliphatic heterocycles. The summed E-state index contributed by atoms with van der Waals surface area (Å²) in [5.41, 5.74) is 32.8. The first-order chi connectivity index (χ1) is 63.5. The zero-order valence-electron chi connectivity index (χ0n) is 78.5. The Morgan fingerprint density at radius 1 is 0.185 bits per heavy atom. The maximum Gasteiger partial charge on any atom is 0.0242 e. The van der Waals surface area contributed by atoms with Gasteiger partial charge >= 0.3 is 0 Å². The minimum Gasteiger partial charge on any atom is -0.305 e. The van der Waals surface area contributed by atoms with Crippen molar-refractivity contribution in [3.8, 4) is 134 Å². The fourth-order valence-corrected chi connectivity index (χ4v) is 14.6. The molecule has 0 saturated heterocycles. The molecule has 12 aromatic carbocycles. The van der Waals surface area contributed by atoms with Crippen molar-refractivity contribution in [3.63, 3.8) is 0 Å². The molecule has 0 atom stereocenters. The third-order valence-electron chi connectivity index (χ3n) is 21.6. The third-order valence-corrected chi connectivity index (χ3v) is 21.6. The van der Waals surface area contributed by atoms with E-state index in [9.17, 15) is 0 Å². The van der Waals surface area contributed by atoms with Gasteiger partial charge in [-0.15, -0.1) is 251 Å². The number of hydrogen-bond donors (Lipinski definition) is 0. The maximum atomic E-state index is 4.67. The van der Waals surface area contributed by atoms with Gasteiger partial charge in [-0.25, -0.2) is 0 Å². The van der Waals surface area contributed by atoms with Gasteiger partial charge in [0.15, 0.2) is 0 Å². The monoisotopic (exact) mass is 2470 g/mol. The largest absolute Gasteiger partial charge is 0.305 e. The summed E-state index contributed by atoms with van der Waals surface area (Å²) in [6, 6.07) is 153. The second-order valence-electron chi connectivity index (χ2n) is 35.6. The quantitative estimate of drug-likeness (QED) is 0.113. The second kappa shape index (κ2) is 52.2. The number of hydrogen-bond acceptors (Lipinski definition) is 7. The maximum absolute atomic E-state index is 4.67. The van der Waals surface area contributed by atoms with Crippen molar-refractivity contribution >= 4 is 0 Å². The first-order valence-corrected chi connectivity index (χ1v) is 44.4. The van der Waals surface area contributed by atoms with Gasteiger partial charge in [0.1, 0.15) is 0 Å². The molecule has 0 bridgehead atoms. The molecule has 0 N–H and O–H groups in total. The van der Waals surface area contributed by atoms with Gasteiger partial charge in [0.05, 0.1) is 0 Å². The predicted molar refractivity (Wildman–Crippen MR) is 546 cm³/mol. The van der Waals surface area contributed by atoms with E-state index in [2.05, 4.69) is 343 Å². The molecule has 7 aromatic heterocycles. The molecule has 0 fully saturated rings. The zero-order chi connectivity index (χ0) is 91.8. The molecule has 0 saturated carbocycles.